The Kier molecular flexibility index (Phi) is 8.92. The van der Waals surface area contributed by atoms with Gasteiger partial charge < -0.3 is 14.8 Å². The molecule has 10 nitrogen and oxygen atoms in total. The number of ether oxygens (including phenoxy) is 2. The number of carbonyl (C=O) groups excluding carboxylic acids is 2. The second-order valence-electron chi connectivity index (χ2n) is 8.81. The van der Waals surface area contributed by atoms with Gasteiger partial charge in [0.2, 0.25) is 5.91 Å². The maximum atomic E-state index is 13.4. The summed E-state index contributed by atoms with van der Waals surface area (Å²) in [5.74, 6) is -1.07. The molecule has 0 unspecified atom stereocenters. The molecule has 2 heterocycles. The number of nitrogens with zero attached hydrogens (tertiary/aromatic N) is 4. The maximum absolute atomic E-state index is 13.4. The Bertz CT molecular complexity index is 1720. The Morgan fingerprint density at radius 2 is 1.79 bits per heavy atom. The van der Waals surface area contributed by atoms with E-state index in [0.29, 0.717) is 6.20 Å². The molecule has 0 fully saturated rings. The lowest BCUT2D eigenvalue weighted by atomic mass is 10.0. The van der Waals surface area contributed by atoms with E-state index in [4.69, 9.17) is 27.9 Å². The van der Waals surface area contributed by atoms with Crippen molar-refractivity contribution < 1.29 is 32.2 Å². The Morgan fingerprint density at radius 3 is 2.38 bits per heavy atom. The summed E-state index contributed by atoms with van der Waals surface area (Å²) in [6.07, 6.45) is -2.48. The topological polar surface area (TPSA) is 117 Å². The van der Waals surface area contributed by atoms with Crippen molar-refractivity contribution in [3.05, 3.63) is 86.5 Å². The van der Waals surface area contributed by atoms with Crippen molar-refractivity contribution in [1.82, 2.24) is 19.6 Å². The van der Waals surface area contributed by atoms with Crippen LogP contribution >= 0.6 is 23.2 Å². The average Bonchev–Trinajstić information content (AvgIpc) is 3.45. The number of carbonyl (C=O) groups is 2. The Labute approximate surface area is 246 Å². The number of methoxy groups -OCH3 is 2. The fourth-order valence-electron chi connectivity index (χ4n) is 4.18. The number of hydrogen-bond acceptors (Lipinski definition) is 7. The number of nitrogens with one attached hydrogen (secondary N) is 1. The molecule has 0 aliphatic carbocycles. The van der Waals surface area contributed by atoms with Crippen LogP contribution in [-0.2, 0) is 15.7 Å². The number of halogens is 5. The van der Waals surface area contributed by atoms with E-state index < -0.39 is 35.3 Å². The van der Waals surface area contributed by atoms with Crippen LogP contribution in [-0.4, -0.2) is 45.7 Å². The number of alkyl halides is 3. The molecule has 1 N–H and O–H groups in total. The predicted octanol–water partition coefficient (Wildman–Crippen LogP) is 5.81. The summed E-state index contributed by atoms with van der Waals surface area (Å²) >= 11 is 12.3. The van der Waals surface area contributed by atoms with Gasteiger partial charge in [0.25, 0.3) is 5.56 Å². The highest BCUT2D eigenvalue weighted by atomic mass is 35.5. The van der Waals surface area contributed by atoms with Gasteiger partial charge in [-0.15, -0.1) is 5.10 Å². The van der Waals surface area contributed by atoms with E-state index in [1.807, 2.05) is 0 Å². The molecule has 0 aliphatic heterocycles. The standard InChI is InChI=1S/C27H22Cl2F3N5O5/c1-4-20(25(39)33-15-6-7-16(19(29)10-15)26(40)42-3)36-12-22(41-2)18(11-24(36)38)17-9-14(28)5-8-21(17)37-13-23(34-35-37)27(30,31)32/h5-13,20H,4H2,1-3H3,(H,33,39)/t20-/m0/s1. The molecule has 0 bridgehead atoms. The molecule has 2 aromatic heterocycles. The normalized spacial score (nSPS) is 12.1. The number of anilines is 1. The largest absolute Gasteiger partial charge is 0.495 e. The summed E-state index contributed by atoms with van der Waals surface area (Å²) in [6.45, 7) is 1.70. The second-order valence-corrected chi connectivity index (χ2v) is 9.65. The van der Waals surface area contributed by atoms with Crippen LogP contribution in [0.25, 0.3) is 16.8 Å². The van der Waals surface area contributed by atoms with E-state index in [0.717, 1.165) is 4.68 Å². The van der Waals surface area contributed by atoms with Gasteiger partial charge in [0.15, 0.2) is 5.69 Å². The van der Waals surface area contributed by atoms with Gasteiger partial charge >= 0.3 is 12.1 Å². The minimum atomic E-state index is -4.71. The summed E-state index contributed by atoms with van der Waals surface area (Å²) in [6, 6.07) is 8.74. The quantitative estimate of drug-likeness (QED) is 0.246. The highest BCUT2D eigenvalue weighted by Crippen LogP contribution is 2.36. The average molecular weight is 624 g/mol. The molecule has 1 atom stereocenters. The first-order chi connectivity index (χ1) is 19.9. The number of esters is 1. The highest BCUT2D eigenvalue weighted by Gasteiger charge is 2.35. The zero-order valence-corrected chi connectivity index (χ0v) is 23.7. The highest BCUT2D eigenvalue weighted by molar-refractivity contribution is 6.34. The van der Waals surface area contributed by atoms with Crippen LogP contribution in [0.3, 0.4) is 0 Å². The number of aromatic nitrogens is 4. The molecule has 220 valence electrons. The summed E-state index contributed by atoms with van der Waals surface area (Å²) < 4.78 is 51.7. The van der Waals surface area contributed by atoms with Crippen molar-refractivity contribution in [2.45, 2.75) is 25.6 Å². The van der Waals surface area contributed by atoms with Crippen molar-refractivity contribution in [3.63, 3.8) is 0 Å². The van der Waals surface area contributed by atoms with E-state index in [1.165, 1.54) is 67.4 Å². The third-order valence-electron chi connectivity index (χ3n) is 6.21. The third kappa shape index (κ3) is 6.26. The van der Waals surface area contributed by atoms with Crippen LogP contribution in [0.2, 0.25) is 10.0 Å². The van der Waals surface area contributed by atoms with E-state index in [-0.39, 0.29) is 50.3 Å². The van der Waals surface area contributed by atoms with Gasteiger partial charge in [-0.3, -0.25) is 14.2 Å². The molecule has 2 aromatic carbocycles. The Hall–Kier alpha value is -4.36. The first-order valence-corrected chi connectivity index (χ1v) is 12.9. The van der Waals surface area contributed by atoms with Crippen LogP contribution < -0.4 is 15.6 Å². The molecule has 0 spiro atoms. The molecular formula is C27H22Cl2F3N5O5. The molecule has 1 amide bonds. The van der Waals surface area contributed by atoms with Crippen molar-refractivity contribution in [2.24, 2.45) is 0 Å². The number of benzene rings is 2. The second kappa shape index (κ2) is 12.2. The van der Waals surface area contributed by atoms with E-state index in [1.54, 1.807) is 6.92 Å². The molecule has 4 aromatic rings. The smallest absolute Gasteiger partial charge is 0.436 e. The zero-order valence-electron chi connectivity index (χ0n) is 22.2. The monoisotopic (exact) mass is 623 g/mol. The van der Waals surface area contributed by atoms with Crippen LogP contribution in [0.15, 0.2) is 59.7 Å². The van der Waals surface area contributed by atoms with Crippen molar-refractivity contribution in [3.8, 4) is 22.6 Å². The molecule has 4 rings (SSSR count). The summed E-state index contributed by atoms with van der Waals surface area (Å²) in [5.41, 5.74) is -0.837. The van der Waals surface area contributed by atoms with E-state index in [9.17, 15) is 27.6 Å². The van der Waals surface area contributed by atoms with Gasteiger partial charge in [-0.2, -0.15) is 13.2 Å². The van der Waals surface area contributed by atoms with Gasteiger partial charge in [-0.25, -0.2) is 9.48 Å². The Morgan fingerprint density at radius 1 is 1.05 bits per heavy atom. The maximum Gasteiger partial charge on any atom is 0.436 e. The Balaban J connectivity index is 1.72. The molecule has 0 radical (unpaired) electrons. The molecule has 0 aliphatic rings. The minimum absolute atomic E-state index is 0.0583. The van der Waals surface area contributed by atoms with E-state index in [2.05, 4.69) is 20.4 Å². The molecule has 15 heteroatoms. The SMILES string of the molecule is CC[C@@H](C(=O)Nc1ccc(C(=O)OC)c(Cl)c1)n1cc(OC)c(-c2cc(Cl)ccc2-n2cc(C(F)(F)F)nn2)cc1=O. The van der Waals surface area contributed by atoms with Gasteiger partial charge in [-0.05, 0) is 42.8 Å². The lowest BCUT2D eigenvalue weighted by Crippen LogP contribution is -2.32. The number of amides is 1. The predicted molar refractivity (Wildman–Crippen MR) is 148 cm³/mol. The number of hydrogen-bond donors (Lipinski definition) is 1. The van der Waals surface area contributed by atoms with Crippen LogP contribution in [0.1, 0.15) is 35.4 Å². The summed E-state index contributed by atoms with van der Waals surface area (Å²) in [5, 5.41) is 9.74. The van der Waals surface area contributed by atoms with Crippen LogP contribution in [0.4, 0.5) is 18.9 Å². The first-order valence-electron chi connectivity index (χ1n) is 12.2. The fraction of sp³-hybridized carbons (Fsp3) is 0.222. The lowest BCUT2D eigenvalue weighted by Gasteiger charge is -2.21. The number of pyridine rings is 1. The third-order valence-corrected chi connectivity index (χ3v) is 6.76. The van der Waals surface area contributed by atoms with Crippen molar-refractivity contribution in [1.29, 1.82) is 0 Å². The molecule has 0 saturated carbocycles. The van der Waals surface area contributed by atoms with Gasteiger partial charge in [0, 0.05) is 27.9 Å². The van der Waals surface area contributed by atoms with Gasteiger partial charge in [0.1, 0.15) is 11.8 Å². The van der Waals surface area contributed by atoms with Gasteiger partial charge in [-0.1, -0.05) is 35.3 Å². The molecular weight excluding hydrogens is 602 g/mol. The van der Waals surface area contributed by atoms with Crippen molar-refractivity contribution >= 4 is 40.8 Å². The first kappa shape index (κ1) is 30.6. The summed E-state index contributed by atoms with van der Waals surface area (Å²) in [7, 11) is 2.55. The summed E-state index contributed by atoms with van der Waals surface area (Å²) in [4.78, 5) is 38.4. The van der Waals surface area contributed by atoms with E-state index >= 15 is 0 Å². The van der Waals surface area contributed by atoms with Crippen LogP contribution in [0.5, 0.6) is 5.75 Å². The lowest BCUT2D eigenvalue weighted by molar-refractivity contribution is -0.141. The minimum Gasteiger partial charge on any atom is -0.495 e. The fourth-order valence-corrected chi connectivity index (χ4v) is 4.61. The van der Waals surface area contributed by atoms with Crippen LogP contribution in [0, 0.1) is 0 Å². The van der Waals surface area contributed by atoms with Gasteiger partial charge in [0.05, 0.1) is 42.9 Å². The van der Waals surface area contributed by atoms with Crippen molar-refractivity contribution in [2.75, 3.05) is 19.5 Å². The zero-order chi connectivity index (χ0) is 30.8. The number of rotatable bonds is 8. The molecule has 0 saturated heterocycles. The molecule has 42 heavy (non-hydrogen) atoms.